The summed E-state index contributed by atoms with van der Waals surface area (Å²) in [4.78, 5) is 25.2. The van der Waals surface area contributed by atoms with E-state index in [1.165, 1.54) is 22.6 Å². The number of aromatic amines is 1. The van der Waals surface area contributed by atoms with Gasteiger partial charge in [0.15, 0.2) is 11.6 Å². The van der Waals surface area contributed by atoms with E-state index in [1.54, 1.807) is 17.2 Å². The Bertz CT molecular complexity index is 1420. The van der Waals surface area contributed by atoms with Gasteiger partial charge in [-0.2, -0.15) is 9.40 Å². The van der Waals surface area contributed by atoms with Crippen molar-refractivity contribution in [1.29, 1.82) is 0 Å². The number of aryl methyl sites for hydroxylation is 1. The number of nitrogens with zero attached hydrogens (tertiary/aromatic N) is 6. The van der Waals surface area contributed by atoms with Crippen molar-refractivity contribution in [2.24, 2.45) is 0 Å². The Labute approximate surface area is 213 Å². The average molecular weight is 532 g/mol. The number of ether oxygens (including phenoxy) is 1. The largest absolute Gasteiger partial charge is 0.378 e. The number of nitrogens with one attached hydrogen (secondary N) is 1. The van der Waals surface area contributed by atoms with Crippen LogP contribution in [-0.4, -0.2) is 96.2 Å². The van der Waals surface area contributed by atoms with Crippen molar-refractivity contribution in [1.82, 2.24) is 29.4 Å². The number of carbonyl (C=O) groups excluding carboxylic acids is 1. The average Bonchev–Trinajstić information content (AvgIpc) is 3.51. The molecule has 2 aliphatic heterocycles. The molecule has 5 rings (SSSR count). The summed E-state index contributed by atoms with van der Waals surface area (Å²) in [6.45, 7) is 9.16. The molecule has 13 heteroatoms. The van der Waals surface area contributed by atoms with Crippen LogP contribution in [0.15, 0.2) is 22.5 Å². The van der Waals surface area contributed by atoms with E-state index in [1.807, 2.05) is 19.9 Å². The summed E-state index contributed by atoms with van der Waals surface area (Å²) in [5.41, 5.74) is 3.22. The van der Waals surface area contributed by atoms with Crippen LogP contribution in [0.4, 0.5) is 5.82 Å². The van der Waals surface area contributed by atoms with Gasteiger partial charge in [-0.25, -0.2) is 18.4 Å². The zero-order valence-electron chi connectivity index (χ0n) is 20.5. The number of allylic oxidation sites excluding steroid dienone is 1. The molecule has 36 heavy (non-hydrogen) atoms. The number of fused-ring (bicyclic) bond motifs is 1. The number of aromatic nitrogens is 4. The van der Waals surface area contributed by atoms with E-state index in [2.05, 4.69) is 15.1 Å². The van der Waals surface area contributed by atoms with E-state index in [9.17, 15) is 13.2 Å². The summed E-state index contributed by atoms with van der Waals surface area (Å²) in [5.74, 6) is 1.19. The van der Waals surface area contributed by atoms with Crippen molar-refractivity contribution in [2.75, 3.05) is 57.4 Å². The third-order valence-corrected chi connectivity index (χ3v) is 10.0. The minimum atomic E-state index is -3.74. The van der Waals surface area contributed by atoms with E-state index in [-0.39, 0.29) is 23.2 Å². The van der Waals surface area contributed by atoms with E-state index < -0.39 is 10.0 Å². The van der Waals surface area contributed by atoms with Gasteiger partial charge in [0.05, 0.1) is 29.6 Å². The standard InChI is InChI=1S/C23H29N7O4S2/c1-4-17(18-14-24-27-15(18)2)22-25-19-13-20(35-21(19)23(26-22)29-9-11-34-12-10-29)36(32,33)30-7-5-28(6-8-30)16(3)31/h4,13-14H,5-12H2,1-3H3,(H,24,27)/b17-4+. The van der Waals surface area contributed by atoms with Crippen LogP contribution in [0.2, 0.25) is 0 Å². The summed E-state index contributed by atoms with van der Waals surface area (Å²) >= 11 is 1.20. The molecule has 3 aromatic rings. The number of hydrogen-bond donors (Lipinski definition) is 1. The highest BCUT2D eigenvalue weighted by Gasteiger charge is 2.32. The van der Waals surface area contributed by atoms with Crippen LogP contribution >= 0.6 is 11.3 Å². The Hall–Kier alpha value is -2.87. The van der Waals surface area contributed by atoms with Crippen molar-refractivity contribution < 1.29 is 17.9 Å². The molecule has 0 radical (unpaired) electrons. The topological polar surface area (TPSA) is 125 Å². The van der Waals surface area contributed by atoms with E-state index >= 15 is 0 Å². The van der Waals surface area contributed by atoms with Crippen molar-refractivity contribution >= 4 is 48.9 Å². The predicted molar refractivity (Wildman–Crippen MR) is 138 cm³/mol. The molecule has 1 N–H and O–H groups in total. The minimum Gasteiger partial charge on any atom is -0.378 e. The lowest BCUT2D eigenvalue weighted by Crippen LogP contribution is -2.49. The third kappa shape index (κ3) is 4.51. The Kier molecular flexibility index (Phi) is 6.81. The van der Waals surface area contributed by atoms with Crippen molar-refractivity contribution in [3.63, 3.8) is 0 Å². The van der Waals surface area contributed by atoms with Gasteiger partial charge in [0.25, 0.3) is 10.0 Å². The van der Waals surface area contributed by atoms with E-state index in [0.29, 0.717) is 56.6 Å². The van der Waals surface area contributed by atoms with Gasteiger partial charge in [-0.05, 0) is 19.9 Å². The van der Waals surface area contributed by atoms with Crippen LogP contribution in [0, 0.1) is 6.92 Å². The molecule has 192 valence electrons. The quantitative estimate of drug-likeness (QED) is 0.529. The number of amides is 1. The van der Waals surface area contributed by atoms with Crippen molar-refractivity contribution in [2.45, 2.75) is 25.0 Å². The molecule has 2 fully saturated rings. The first-order chi connectivity index (χ1) is 17.3. The van der Waals surface area contributed by atoms with E-state index in [0.717, 1.165) is 21.5 Å². The summed E-state index contributed by atoms with van der Waals surface area (Å²) in [7, 11) is -3.74. The zero-order chi connectivity index (χ0) is 25.4. The maximum absolute atomic E-state index is 13.6. The van der Waals surface area contributed by atoms with Gasteiger partial charge in [-0.1, -0.05) is 6.08 Å². The van der Waals surface area contributed by atoms with Gasteiger partial charge >= 0.3 is 0 Å². The van der Waals surface area contributed by atoms with Crippen LogP contribution in [-0.2, 0) is 19.6 Å². The number of thiophene rings is 1. The van der Waals surface area contributed by atoms with Crippen LogP contribution in [0.5, 0.6) is 0 Å². The van der Waals surface area contributed by atoms with Gasteiger partial charge in [0.2, 0.25) is 5.91 Å². The van der Waals surface area contributed by atoms with Gasteiger partial charge in [-0.3, -0.25) is 9.89 Å². The second kappa shape index (κ2) is 9.88. The first-order valence-corrected chi connectivity index (χ1v) is 14.1. The number of H-pyrrole nitrogens is 1. The monoisotopic (exact) mass is 531 g/mol. The summed E-state index contributed by atoms with van der Waals surface area (Å²) in [5, 5.41) is 7.10. The number of sulfonamides is 1. The SMILES string of the molecule is C/C=C(/c1nc(N2CCOCC2)c2sc(S(=O)(=O)N3CCN(C(C)=O)CC3)cc2n1)c1cn[nH]c1C. The van der Waals surface area contributed by atoms with Gasteiger partial charge in [0.1, 0.15) is 4.21 Å². The van der Waals surface area contributed by atoms with Gasteiger partial charge in [-0.15, -0.1) is 11.3 Å². The minimum absolute atomic E-state index is 0.0421. The molecule has 11 nitrogen and oxygen atoms in total. The second-order valence-corrected chi connectivity index (χ2v) is 12.0. The zero-order valence-corrected chi connectivity index (χ0v) is 22.2. The molecular weight excluding hydrogens is 502 g/mol. The Balaban J connectivity index is 1.58. The van der Waals surface area contributed by atoms with E-state index in [4.69, 9.17) is 14.7 Å². The van der Waals surface area contributed by atoms with Crippen molar-refractivity contribution in [3.05, 3.63) is 35.4 Å². The molecule has 0 aromatic carbocycles. The van der Waals surface area contributed by atoms with Gasteiger partial charge in [0, 0.05) is 63.0 Å². The molecule has 1 amide bonds. The molecule has 3 aromatic heterocycles. The first kappa shape index (κ1) is 24.8. The lowest BCUT2D eigenvalue weighted by Gasteiger charge is -2.33. The highest BCUT2D eigenvalue weighted by atomic mass is 32.2. The highest BCUT2D eigenvalue weighted by molar-refractivity contribution is 7.91. The Morgan fingerprint density at radius 1 is 1.14 bits per heavy atom. The number of anilines is 1. The van der Waals surface area contributed by atoms with Crippen LogP contribution in [0.1, 0.15) is 30.9 Å². The maximum Gasteiger partial charge on any atom is 0.252 e. The molecular formula is C23H29N7O4S2. The number of carbonyl (C=O) groups is 1. The van der Waals surface area contributed by atoms with Crippen LogP contribution < -0.4 is 4.90 Å². The molecule has 5 heterocycles. The lowest BCUT2D eigenvalue weighted by atomic mass is 10.1. The normalized spacial score (nSPS) is 18.2. The summed E-state index contributed by atoms with van der Waals surface area (Å²) in [6.07, 6.45) is 3.69. The van der Waals surface area contributed by atoms with Crippen LogP contribution in [0.25, 0.3) is 15.8 Å². The second-order valence-electron chi connectivity index (χ2n) is 8.77. The maximum atomic E-state index is 13.6. The fourth-order valence-electron chi connectivity index (χ4n) is 4.53. The lowest BCUT2D eigenvalue weighted by molar-refractivity contribution is -0.129. The van der Waals surface area contributed by atoms with Crippen molar-refractivity contribution in [3.8, 4) is 0 Å². The molecule has 2 saturated heterocycles. The molecule has 2 aliphatic rings. The smallest absolute Gasteiger partial charge is 0.252 e. The molecule has 0 unspecified atom stereocenters. The molecule has 0 bridgehead atoms. The van der Waals surface area contributed by atoms with Crippen LogP contribution in [0.3, 0.4) is 0 Å². The number of piperazine rings is 1. The highest BCUT2D eigenvalue weighted by Crippen LogP contribution is 2.37. The fraction of sp³-hybridized carbons (Fsp3) is 0.478. The Morgan fingerprint density at radius 3 is 2.47 bits per heavy atom. The fourth-order valence-corrected chi connectivity index (χ4v) is 7.52. The summed E-state index contributed by atoms with van der Waals surface area (Å²) in [6, 6.07) is 1.65. The predicted octanol–water partition coefficient (Wildman–Crippen LogP) is 1.86. The molecule has 0 saturated carbocycles. The molecule has 0 aliphatic carbocycles. The summed E-state index contributed by atoms with van der Waals surface area (Å²) < 4.78 is 35.1. The van der Waals surface area contributed by atoms with Gasteiger partial charge < -0.3 is 14.5 Å². The number of hydrogen-bond acceptors (Lipinski definition) is 9. The number of morpholine rings is 1. The Morgan fingerprint density at radius 2 is 1.86 bits per heavy atom. The molecule has 0 atom stereocenters. The molecule has 0 spiro atoms. The third-order valence-electron chi connectivity index (χ3n) is 6.57. The first-order valence-electron chi connectivity index (χ1n) is 11.9. The number of rotatable bonds is 5.